The van der Waals surface area contributed by atoms with Gasteiger partial charge in [0.05, 0.1) is 6.10 Å². The highest BCUT2D eigenvalue weighted by Crippen LogP contribution is 1.98. The number of unbranched alkanes of at least 4 members (excludes halogenated alkanes) is 2. The fourth-order valence-corrected chi connectivity index (χ4v) is 1.12. The Morgan fingerprint density at radius 2 is 2.07 bits per heavy atom. The molecule has 14 heavy (non-hydrogen) atoms. The Hall–Kier alpha value is -0.610. The van der Waals surface area contributed by atoms with Gasteiger partial charge in [0.15, 0.2) is 0 Å². The predicted octanol–water partition coefficient (Wildman–Crippen LogP) is 0.992. The van der Waals surface area contributed by atoms with Gasteiger partial charge in [-0.15, -0.1) is 0 Å². The number of aliphatic hydroxyl groups is 1. The third-order valence-electron chi connectivity index (χ3n) is 2.10. The Morgan fingerprint density at radius 3 is 2.64 bits per heavy atom. The second kappa shape index (κ2) is 8.97. The van der Waals surface area contributed by atoms with Crippen LogP contribution in [0.1, 0.15) is 39.0 Å². The summed E-state index contributed by atoms with van der Waals surface area (Å²) in [6, 6.07) is 0. The number of aliphatic carboxylic acids is 1. The Balaban J connectivity index is 3.02. The average molecular weight is 203 g/mol. The summed E-state index contributed by atoms with van der Waals surface area (Å²) in [7, 11) is 0. The van der Waals surface area contributed by atoms with E-state index in [1.54, 1.807) is 0 Å². The van der Waals surface area contributed by atoms with Gasteiger partial charge in [0.25, 0.3) is 0 Å². The van der Waals surface area contributed by atoms with E-state index < -0.39 is 5.97 Å². The molecule has 1 unspecified atom stereocenters. The van der Waals surface area contributed by atoms with Crippen LogP contribution in [0.2, 0.25) is 0 Å². The van der Waals surface area contributed by atoms with Crippen molar-refractivity contribution in [1.82, 2.24) is 5.32 Å². The summed E-state index contributed by atoms with van der Waals surface area (Å²) in [5, 5.41) is 20.7. The molecule has 0 fully saturated rings. The molecule has 3 N–H and O–H groups in total. The van der Waals surface area contributed by atoms with Crippen molar-refractivity contribution in [2.45, 2.75) is 45.1 Å². The molecule has 0 aromatic rings. The third-order valence-corrected chi connectivity index (χ3v) is 2.10. The Bertz CT molecular complexity index is 150. The lowest BCUT2D eigenvalue weighted by Gasteiger charge is -2.08. The average Bonchev–Trinajstić information content (AvgIpc) is 2.15. The summed E-state index contributed by atoms with van der Waals surface area (Å²) in [5.74, 6) is -0.723. The monoisotopic (exact) mass is 203 g/mol. The largest absolute Gasteiger partial charge is 0.481 e. The highest BCUT2D eigenvalue weighted by molar-refractivity contribution is 5.66. The Kier molecular flexibility index (Phi) is 8.57. The van der Waals surface area contributed by atoms with E-state index in [9.17, 15) is 9.90 Å². The van der Waals surface area contributed by atoms with Crippen molar-refractivity contribution >= 4 is 5.97 Å². The molecular formula is C10H21NO3. The van der Waals surface area contributed by atoms with Gasteiger partial charge in [-0.25, -0.2) is 0 Å². The van der Waals surface area contributed by atoms with Crippen LogP contribution in [-0.2, 0) is 4.79 Å². The van der Waals surface area contributed by atoms with Crippen LogP contribution in [0.15, 0.2) is 0 Å². The van der Waals surface area contributed by atoms with Gasteiger partial charge in [0, 0.05) is 13.0 Å². The molecule has 0 radical (unpaired) electrons. The van der Waals surface area contributed by atoms with Crippen LogP contribution in [0, 0.1) is 0 Å². The molecule has 0 bridgehead atoms. The van der Waals surface area contributed by atoms with Crippen molar-refractivity contribution in [3.8, 4) is 0 Å². The molecule has 0 saturated carbocycles. The first kappa shape index (κ1) is 13.4. The standard InChI is InChI=1S/C10H21NO3/c1-2-9(12)8-11-7-5-3-4-6-10(13)14/h9,11-12H,2-8H2,1H3,(H,13,14). The number of rotatable bonds is 9. The highest BCUT2D eigenvalue weighted by atomic mass is 16.4. The molecule has 4 nitrogen and oxygen atoms in total. The van der Waals surface area contributed by atoms with Gasteiger partial charge in [-0.2, -0.15) is 0 Å². The van der Waals surface area contributed by atoms with Crippen molar-refractivity contribution in [2.24, 2.45) is 0 Å². The molecule has 1 atom stereocenters. The SMILES string of the molecule is CCC(O)CNCCCCCC(=O)O. The van der Waals surface area contributed by atoms with E-state index in [4.69, 9.17) is 5.11 Å². The molecule has 0 rings (SSSR count). The van der Waals surface area contributed by atoms with Crippen molar-refractivity contribution < 1.29 is 15.0 Å². The lowest BCUT2D eigenvalue weighted by Crippen LogP contribution is -2.26. The quantitative estimate of drug-likeness (QED) is 0.489. The summed E-state index contributed by atoms with van der Waals surface area (Å²) in [6.45, 7) is 3.44. The number of nitrogens with one attached hydrogen (secondary N) is 1. The number of carboxylic acids is 1. The molecule has 0 spiro atoms. The molecule has 0 heterocycles. The summed E-state index contributed by atoms with van der Waals surface area (Å²) in [5.41, 5.74) is 0. The van der Waals surface area contributed by atoms with Crippen LogP contribution in [0.25, 0.3) is 0 Å². The van der Waals surface area contributed by atoms with E-state index in [0.29, 0.717) is 6.54 Å². The van der Waals surface area contributed by atoms with Gasteiger partial charge in [-0.1, -0.05) is 13.3 Å². The molecule has 0 aliphatic rings. The Labute approximate surface area is 85.3 Å². The second-order valence-electron chi connectivity index (χ2n) is 3.47. The molecule has 0 saturated heterocycles. The van der Waals surface area contributed by atoms with Crippen LogP contribution in [0.5, 0.6) is 0 Å². The van der Waals surface area contributed by atoms with Crippen LogP contribution in [0.4, 0.5) is 0 Å². The molecule has 4 heteroatoms. The summed E-state index contributed by atoms with van der Waals surface area (Å²) in [6.07, 6.45) is 3.43. The maximum Gasteiger partial charge on any atom is 0.303 e. The van der Waals surface area contributed by atoms with Crippen molar-refractivity contribution in [1.29, 1.82) is 0 Å². The number of carbonyl (C=O) groups is 1. The minimum atomic E-state index is -0.723. The normalized spacial score (nSPS) is 12.7. The smallest absolute Gasteiger partial charge is 0.303 e. The first-order valence-electron chi connectivity index (χ1n) is 5.27. The van der Waals surface area contributed by atoms with E-state index in [-0.39, 0.29) is 12.5 Å². The molecule has 0 aromatic carbocycles. The van der Waals surface area contributed by atoms with Gasteiger partial charge >= 0.3 is 5.97 Å². The molecule has 0 aromatic heterocycles. The molecule has 0 aliphatic heterocycles. The molecule has 84 valence electrons. The van der Waals surface area contributed by atoms with E-state index in [0.717, 1.165) is 32.2 Å². The van der Waals surface area contributed by atoms with Crippen LogP contribution >= 0.6 is 0 Å². The number of aliphatic hydroxyl groups excluding tert-OH is 1. The zero-order valence-corrected chi connectivity index (χ0v) is 8.83. The van der Waals surface area contributed by atoms with E-state index in [1.807, 2.05) is 6.92 Å². The van der Waals surface area contributed by atoms with Gasteiger partial charge in [0.2, 0.25) is 0 Å². The van der Waals surface area contributed by atoms with Crippen LogP contribution in [-0.4, -0.2) is 35.4 Å². The summed E-state index contributed by atoms with van der Waals surface area (Å²) < 4.78 is 0. The number of hydrogen-bond acceptors (Lipinski definition) is 3. The fourth-order valence-electron chi connectivity index (χ4n) is 1.12. The van der Waals surface area contributed by atoms with E-state index >= 15 is 0 Å². The number of carboxylic acid groups (broad SMARTS) is 1. The predicted molar refractivity (Wildman–Crippen MR) is 55.3 cm³/mol. The fraction of sp³-hybridized carbons (Fsp3) is 0.900. The van der Waals surface area contributed by atoms with Gasteiger partial charge in [0.1, 0.15) is 0 Å². The lowest BCUT2D eigenvalue weighted by atomic mass is 10.2. The van der Waals surface area contributed by atoms with Crippen LogP contribution in [0.3, 0.4) is 0 Å². The topological polar surface area (TPSA) is 69.6 Å². The van der Waals surface area contributed by atoms with E-state index in [2.05, 4.69) is 5.32 Å². The summed E-state index contributed by atoms with van der Waals surface area (Å²) >= 11 is 0. The van der Waals surface area contributed by atoms with Crippen molar-refractivity contribution in [2.75, 3.05) is 13.1 Å². The first-order chi connectivity index (χ1) is 6.66. The highest BCUT2D eigenvalue weighted by Gasteiger charge is 1.99. The van der Waals surface area contributed by atoms with Crippen LogP contribution < -0.4 is 5.32 Å². The minimum Gasteiger partial charge on any atom is -0.481 e. The minimum absolute atomic E-state index is 0.256. The van der Waals surface area contributed by atoms with Gasteiger partial charge in [-0.3, -0.25) is 4.79 Å². The maximum absolute atomic E-state index is 10.2. The summed E-state index contributed by atoms with van der Waals surface area (Å²) in [4.78, 5) is 10.2. The first-order valence-corrected chi connectivity index (χ1v) is 5.27. The third kappa shape index (κ3) is 9.48. The second-order valence-corrected chi connectivity index (χ2v) is 3.47. The van der Waals surface area contributed by atoms with Gasteiger partial charge < -0.3 is 15.5 Å². The van der Waals surface area contributed by atoms with E-state index in [1.165, 1.54) is 0 Å². The lowest BCUT2D eigenvalue weighted by molar-refractivity contribution is -0.137. The van der Waals surface area contributed by atoms with Gasteiger partial charge in [-0.05, 0) is 25.8 Å². The van der Waals surface area contributed by atoms with Crippen molar-refractivity contribution in [3.05, 3.63) is 0 Å². The van der Waals surface area contributed by atoms with Crippen molar-refractivity contribution in [3.63, 3.8) is 0 Å². The zero-order chi connectivity index (χ0) is 10.8. The number of hydrogen-bond donors (Lipinski definition) is 3. The zero-order valence-electron chi connectivity index (χ0n) is 8.83. The maximum atomic E-state index is 10.2. The molecule has 0 aliphatic carbocycles. The molecule has 0 amide bonds. The Morgan fingerprint density at radius 1 is 1.36 bits per heavy atom. The molecular weight excluding hydrogens is 182 g/mol.